The van der Waals surface area contributed by atoms with E-state index in [-0.39, 0.29) is 0 Å². The molecule has 0 aliphatic heterocycles. The van der Waals surface area contributed by atoms with Gasteiger partial charge in [0.25, 0.3) is 0 Å². The van der Waals surface area contributed by atoms with E-state index >= 15 is 0 Å². The van der Waals surface area contributed by atoms with Crippen molar-refractivity contribution in [3.63, 3.8) is 0 Å². The number of anilines is 1. The van der Waals surface area contributed by atoms with Gasteiger partial charge in [-0.1, -0.05) is 18.9 Å². The molecule has 1 unspecified atom stereocenters. The Kier molecular flexibility index (Phi) is 7.84. The number of rotatable bonds is 10. The van der Waals surface area contributed by atoms with E-state index in [1.165, 1.54) is 5.75 Å². The number of nitrogens with zero attached hydrogens (tertiary/aromatic N) is 2. The van der Waals surface area contributed by atoms with Gasteiger partial charge in [-0.2, -0.15) is 11.8 Å². The van der Waals surface area contributed by atoms with Crippen molar-refractivity contribution < 1.29 is 4.42 Å². The van der Waals surface area contributed by atoms with Gasteiger partial charge < -0.3 is 15.1 Å². The van der Waals surface area contributed by atoms with Crippen molar-refractivity contribution in [1.29, 1.82) is 0 Å². The van der Waals surface area contributed by atoms with Crippen LogP contribution in [0.2, 0.25) is 0 Å². The topological polar surface area (TPSA) is 63.0 Å². The minimum Gasteiger partial charge on any atom is -0.407 e. The molecule has 0 aliphatic carbocycles. The molecule has 1 aromatic rings. The summed E-state index contributed by atoms with van der Waals surface area (Å²) in [5.41, 5.74) is 0. The third-order valence-electron chi connectivity index (χ3n) is 2.44. The van der Waals surface area contributed by atoms with E-state index in [0.29, 0.717) is 24.5 Å². The lowest BCUT2D eigenvalue weighted by atomic mass is 10.3. The van der Waals surface area contributed by atoms with Gasteiger partial charge in [-0.15, -0.1) is 5.10 Å². The highest BCUT2D eigenvalue weighted by atomic mass is 32.2. The van der Waals surface area contributed by atoms with Gasteiger partial charge in [-0.25, -0.2) is 0 Å². The normalized spacial score (nSPS) is 12.6. The van der Waals surface area contributed by atoms with E-state index in [1.807, 2.05) is 11.8 Å². The van der Waals surface area contributed by atoms with Crippen LogP contribution in [-0.2, 0) is 6.54 Å². The second-order valence-electron chi connectivity index (χ2n) is 4.21. The van der Waals surface area contributed by atoms with Crippen LogP contribution in [0.25, 0.3) is 0 Å². The standard InChI is InChI=1S/C12H24N4OS/c1-4-7-13-9-11-15-16-12(17-11)14-10(3)6-8-18-5-2/h10,13H,4-9H2,1-3H3,(H,14,16). The molecule has 104 valence electrons. The summed E-state index contributed by atoms with van der Waals surface area (Å²) in [5, 5.41) is 14.4. The predicted octanol–water partition coefficient (Wildman–Crippen LogP) is 2.51. The lowest BCUT2D eigenvalue weighted by Crippen LogP contribution is -2.16. The quantitative estimate of drug-likeness (QED) is 0.638. The molecule has 0 bridgehead atoms. The molecule has 1 atom stereocenters. The molecular weight excluding hydrogens is 248 g/mol. The second-order valence-corrected chi connectivity index (χ2v) is 5.60. The molecule has 2 N–H and O–H groups in total. The summed E-state index contributed by atoms with van der Waals surface area (Å²) in [4.78, 5) is 0. The number of thioether (sulfide) groups is 1. The van der Waals surface area contributed by atoms with E-state index in [9.17, 15) is 0 Å². The lowest BCUT2D eigenvalue weighted by Gasteiger charge is -2.10. The van der Waals surface area contributed by atoms with Crippen molar-refractivity contribution in [2.24, 2.45) is 0 Å². The molecule has 0 amide bonds. The fraction of sp³-hybridized carbons (Fsp3) is 0.833. The van der Waals surface area contributed by atoms with Crippen LogP contribution in [0, 0.1) is 0 Å². The first-order valence-corrected chi connectivity index (χ1v) is 7.79. The highest BCUT2D eigenvalue weighted by Gasteiger charge is 2.08. The Morgan fingerprint density at radius 3 is 2.89 bits per heavy atom. The largest absolute Gasteiger partial charge is 0.407 e. The van der Waals surface area contributed by atoms with Gasteiger partial charge in [0.05, 0.1) is 6.54 Å². The first kappa shape index (κ1) is 15.3. The molecule has 0 aliphatic rings. The maximum absolute atomic E-state index is 5.50. The molecule has 1 rings (SSSR count). The Morgan fingerprint density at radius 1 is 1.33 bits per heavy atom. The summed E-state index contributed by atoms with van der Waals surface area (Å²) < 4.78 is 5.50. The molecule has 5 nitrogen and oxygen atoms in total. The Morgan fingerprint density at radius 2 is 2.17 bits per heavy atom. The molecule has 0 radical (unpaired) electrons. The van der Waals surface area contributed by atoms with Gasteiger partial charge in [-0.3, -0.25) is 0 Å². The number of nitrogens with one attached hydrogen (secondary N) is 2. The van der Waals surface area contributed by atoms with Gasteiger partial charge in [0.15, 0.2) is 0 Å². The lowest BCUT2D eigenvalue weighted by molar-refractivity contribution is 0.473. The Labute approximate surface area is 114 Å². The van der Waals surface area contributed by atoms with Crippen LogP contribution in [0.15, 0.2) is 4.42 Å². The second kappa shape index (κ2) is 9.22. The van der Waals surface area contributed by atoms with Crippen molar-refractivity contribution in [2.75, 3.05) is 23.4 Å². The van der Waals surface area contributed by atoms with Gasteiger partial charge in [0.1, 0.15) is 0 Å². The minimum absolute atomic E-state index is 0.362. The molecule has 6 heteroatoms. The average Bonchev–Trinajstić information content (AvgIpc) is 2.77. The van der Waals surface area contributed by atoms with Crippen molar-refractivity contribution in [1.82, 2.24) is 15.5 Å². The number of hydrogen-bond acceptors (Lipinski definition) is 6. The SMILES string of the molecule is CCCNCc1nnc(NC(C)CCSCC)o1. The van der Waals surface area contributed by atoms with Crippen LogP contribution >= 0.6 is 11.8 Å². The van der Waals surface area contributed by atoms with E-state index in [1.54, 1.807) is 0 Å². The maximum atomic E-state index is 5.50. The number of aromatic nitrogens is 2. The van der Waals surface area contributed by atoms with Crippen LogP contribution in [0.5, 0.6) is 0 Å². The monoisotopic (exact) mass is 272 g/mol. The molecule has 1 heterocycles. The number of hydrogen-bond donors (Lipinski definition) is 2. The summed E-state index contributed by atoms with van der Waals surface area (Å²) in [6, 6.07) is 0.887. The predicted molar refractivity (Wildman–Crippen MR) is 77.0 cm³/mol. The summed E-state index contributed by atoms with van der Waals surface area (Å²) in [6.45, 7) is 8.05. The van der Waals surface area contributed by atoms with Gasteiger partial charge in [0.2, 0.25) is 5.89 Å². The van der Waals surface area contributed by atoms with Crippen molar-refractivity contribution >= 4 is 17.8 Å². The first-order chi connectivity index (χ1) is 8.76. The highest BCUT2D eigenvalue weighted by molar-refractivity contribution is 7.99. The Balaban J connectivity index is 2.25. The Bertz CT molecular complexity index is 319. The van der Waals surface area contributed by atoms with Gasteiger partial charge >= 0.3 is 6.01 Å². The van der Waals surface area contributed by atoms with Crippen molar-refractivity contribution in [2.45, 2.75) is 46.2 Å². The van der Waals surface area contributed by atoms with Crippen molar-refractivity contribution in [3.05, 3.63) is 5.89 Å². The maximum Gasteiger partial charge on any atom is 0.315 e. The molecule has 18 heavy (non-hydrogen) atoms. The van der Waals surface area contributed by atoms with Crippen LogP contribution in [0.3, 0.4) is 0 Å². The molecule has 0 fully saturated rings. The van der Waals surface area contributed by atoms with Gasteiger partial charge in [0, 0.05) is 6.04 Å². The molecule has 0 saturated carbocycles. The summed E-state index contributed by atoms with van der Waals surface area (Å²) >= 11 is 1.95. The summed E-state index contributed by atoms with van der Waals surface area (Å²) in [6.07, 6.45) is 2.20. The molecule has 0 saturated heterocycles. The minimum atomic E-state index is 0.362. The third-order valence-corrected chi connectivity index (χ3v) is 3.37. The molecule has 1 aromatic heterocycles. The summed E-state index contributed by atoms with van der Waals surface area (Å²) in [7, 11) is 0. The fourth-order valence-corrected chi connectivity index (χ4v) is 2.25. The molecular formula is C12H24N4OS. The van der Waals surface area contributed by atoms with Crippen molar-refractivity contribution in [3.8, 4) is 0 Å². The zero-order valence-electron chi connectivity index (χ0n) is 11.5. The molecule has 0 spiro atoms. The van der Waals surface area contributed by atoms with Crippen LogP contribution in [-0.4, -0.2) is 34.3 Å². The zero-order valence-corrected chi connectivity index (χ0v) is 12.3. The van der Waals surface area contributed by atoms with E-state index < -0.39 is 0 Å². The van der Waals surface area contributed by atoms with E-state index in [4.69, 9.17) is 4.42 Å². The van der Waals surface area contributed by atoms with Gasteiger partial charge in [-0.05, 0) is 37.8 Å². The zero-order chi connectivity index (χ0) is 13.2. The van der Waals surface area contributed by atoms with Crippen LogP contribution < -0.4 is 10.6 Å². The fourth-order valence-electron chi connectivity index (χ4n) is 1.44. The van der Waals surface area contributed by atoms with E-state index in [0.717, 1.165) is 25.1 Å². The third kappa shape index (κ3) is 6.26. The smallest absolute Gasteiger partial charge is 0.315 e. The van der Waals surface area contributed by atoms with Crippen LogP contribution in [0.1, 0.15) is 39.5 Å². The Hall–Kier alpha value is -0.750. The van der Waals surface area contributed by atoms with Crippen LogP contribution in [0.4, 0.5) is 6.01 Å². The highest BCUT2D eigenvalue weighted by Crippen LogP contribution is 2.10. The van der Waals surface area contributed by atoms with E-state index in [2.05, 4.69) is 41.6 Å². The average molecular weight is 272 g/mol. The molecule has 0 aromatic carbocycles. The summed E-state index contributed by atoms with van der Waals surface area (Å²) in [5.74, 6) is 2.96. The first-order valence-electron chi connectivity index (χ1n) is 6.63.